The highest BCUT2D eigenvalue weighted by molar-refractivity contribution is 7.20. The first-order valence-corrected chi connectivity index (χ1v) is 5.88. The predicted octanol–water partition coefficient (Wildman–Crippen LogP) is 1.93. The van der Waals surface area contributed by atoms with E-state index in [-0.39, 0.29) is 0 Å². The van der Waals surface area contributed by atoms with Crippen molar-refractivity contribution in [3.05, 3.63) is 35.2 Å². The van der Waals surface area contributed by atoms with Crippen LogP contribution >= 0.6 is 11.3 Å². The molecule has 0 aliphatic carbocycles. The molecule has 0 spiro atoms. The lowest BCUT2D eigenvalue weighted by Gasteiger charge is -2.07. The maximum atomic E-state index is 11.7. The van der Waals surface area contributed by atoms with Crippen LogP contribution in [-0.4, -0.2) is 18.0 Å². The van der Waals surface area contributed by atoms with E-state index in [1.807, 2.05) is 24.3 Å². The molecule has 1 amide bonds. The van der Waals surface area contributed by atoms with Crippen molar-refractivity contribution in [2.24, 2.45) is 5.73 Å². The fraction of sp³-hybridized carbons (Fsp3) is 0.167. The van der Waals surface area contributed by atoms with E-state index in [0.29, 0.717) is 4.88 Å². The minimum atomic E-state index is -0.910. The summed E-state index contributed by atoms with van der Waals surface area (Å²) in [7, 11) is 0. The standard InChI is InChI=1S/C12H11NO3S/c1-7(11(13)14)16-12(15)10-6-8-4-2-3-5-9(8)17-10/h2-7H,1H3,(H2,13,14)/t7-/m1/s1. The smallest absolute Gasteiger partial charge is 0.349 e. The summed E-state index contributed by atoms with van der Waals surface area (Å²) in [4.78, 5) is 23.0. The van der Waals surface area contributed by atoms with Gasteiger partial charge >= 0.3 is 5.97 Å². The zero-order valence-electron chi connectivity index (χ0n) is 9.17. The van der Waals surface area contributed by atoms with Crippen molar-refractivity contribution in [1.82, 2.24) is 0 Å². The molecule has 0 saturated heterocycles. The van der Waals surface area contributed by atoms with Gasteiger partial charge in [-0.05, 0) is 24.4 Å². The SMILES string of the molecule is C[C@@H](OC(=O)c1cc2ccccc2s1)C(N)=O. The predicted molar refractivity (Wildman–Crippen MR) is 65.9 cm³/mol. The first kappa shape index (κ1) is 11.6. The summed E-state index contributed by atoms with van der Waals surface area (Å²) in [6.45, 7) is 1.45. The Labute approximate surface area is 102 Å². The molecule has 1 aromatic carbocycles. The summed E-state index contributed by atoms with van der Waals surface area (Å²) in [6.07, 6.45) is -0.910. The molecule has 0 aliphatic rings. The second-order valence-corrected chi connectivity index (χ2v) is 4.68. The summed E-state index contributed by atoms with van der Waals surface area (Å²) in [5.41, 5.74) is 5.02. The number of ether oxygens (including phenoxy) is 1. The fourth-order valence-corrected chi connectivity index (χ4v) is 2.30. The van der Waals surface area contributed by atoms with Crippen LogP contribution in [0.3, 0.4) is 0 Å². The number of nitrogens with two attached hydrogens (primary N) is 1. The molecule has 1 aromatic heterocycles. The molecule has 0 bridgehead atoms. The van der Waals surface area contributed by atoms with Crippen LogP contribution in [0.4, 0.5) is 0 Å². The van der Waals surface area contributed by atoms with E-state index in [0.717, 1.165) is 10.1 Å². The quantitative estimate of drug-likeness (QED) is 0.845. The van der Waals surface area contributed by atoms with E-state index in [1.54, 1.807) is 6.07 Å². The monoisotopic (exact) mass is 249 g/mol. The Morgan fingerprint density at radius 1 is 1.35 bits per heavy atom. The van der Waals surface area contributed by atoms with Crippen molar-refractivity contribution in [3.63, 3.8) is 0 Å². The summed E-state index contributed by atoms with van der Waals surface area (Å²) >= 11 is 1.33. The molecule has 0 fully saturated rings. The second kappa shape index (κ2) is 4.55. The van der Waals surface area contributed by atoms with Crippen LogP contribution in [-0.2, 0) is 9.53 Å². The van der Waals surface area contributed by atoms with Gasteiger partial charge in [0.2, 0.25) is 0 Å². The number of hydrogen-bond acceptors (Lipinski definition) is 4. The first-order valence-electron chi connectivity index (χ1n) is 5.07. The molecule has 0 unspecified atom stereocenters. The van der Waals surface area contributed by atoms with Crippen LogP contribution in [0.25, 0.3) is 10.1 Å². The molecule has 0 aliphatic heterocycles. The van der Waals surface area contributed by atoms with Crippen LogP contribution < -0.4 is 5.73 Å². The average Bonchev–Trinajstić information content (AvgIpc) is 2.72. The van der Waals surface area contributed by atoms with Crippen molar-refractivity contribution in [2.45, 2.75) is 13.0 Å². The summed E-state index contributed by atoms with van der Waals surface area (Å²) in [5, 5.41) is 0.983. The minimum Gasteiger partial charge on any atom is -0.448 e. The third kappa shape index (κ3) is 2.45. The molecule has 17 heavy (non-hydrogen) atoms. The Balaban J connectivity index is 2.22. The van der Waals surface area contributed by atoms with Crippen LogP contribution in [0.2, 0.25) is 0 Å². The van der Waals surface area contributed by atoms with E-state index >= 15 is 0 Å². The van der Waals surface area contributed by atoms with E-state index in [2.05, 4.69) is 0 Å². The Morgan fingerprint density at radius 3 is 2.71 bits per heavy atom. The molecule has 0 radical (unpaired) electrons. The third-order valence-corrected chi connectivity index (χ3v) is 3.41. The fourth-order valence-electron chi connectivity index (χ4n) is 1.36. The lowest BCUT2D eigenvalue weighted by Crippen LogP contribution is -2.30. The molecular formula is C12H11NO3S. The van der Waals surface area contributed by atoms with Crippen molar-refractivity contribution in [2.75, 3.05) is 0 Å². The van der Waals surface area contributed by atoms with Crippen LogP contribution in [0, 0.1) is 0 Å². The number of benzene rings is 1. The van der Waals surface area contributed by atoms with Crippen LogP contribution in [0.5, 0.6) is 0 Å². The molecule has 2 N–H and O–H groups in total. The molecule has 88 valence electrons. The highest BCUT2D eigenvalue weighted by Gasteiger charge is 2.17. The van der Waals surface area contributed by atoms with Gasteiger partial charge in [-0.2, -0.15) is 0 Å². The van der Waals surface area contributed by atoms with Crippen molar-refractivity contribution >= 4 is 33.3 Å². The molecule has 0 saturated carbocycles. The highest BCUT2D eigenvalue weighted by atomic mass is 32.1. The Morgan fingerprint density at radius 2 is 2.06 bits per heavy atom. The van der Waals surface area contributed by atoms with Gasteiger partial charge in [0, 0.05) is 4.70 Å². The van der Waals surface area contributed by atoms with Crippen molar-refractivity contribution in [1.29, 1.82) is 0 Å². The van der Waals surface area contributed by atoms with E-state index in [4.69, 9.17) is 10.5 Å². The molecule has 1 atom stereocenters. The summed E-state index contributed by atoms with van der Waals surface area (Å²) in [6, 6.07) is 9.39. The van der Waals surface area contributed by atoms with Gasteiger partial charge in [-0.1, -0.05) is 18.2 Å². The van der Waals surface area contributed by atoms with Gasteiger partial charge in [-0.25, -0.2) is 4.79 Å². The maximum Gasteiger partial charge on any atom is 0.349 e. The largest absolute Gasteiger partial charge is 0.448 e. The van der Waals surface area contributed by atoms with Gasteiger partial charge in [-0.15, -0.1) is 11.3 Å². The third-order valence-electron chi connectivity index (χ3n) is 2.31. The zero-order valence-corrected chi connectivity index (χ0v) is 9.99. The molecule has 5 heteroatoms. The number of esters is 1. The summed E-state index contributed by atoms with van der Waals surface area (Å²) < 4.78 is 5.93. The van der Waals surface area contributed by atoms with Crippen molar-refractivity contribution < 1.29 is 14.3 Å². The van der Waals surface area contributed by atoms with Gasteiger partial charge < -0.3 is 10.5 Å². The Hall–Kier alpha value is -1.88. The Bertz CT molecular complexity index is 543. The molecule has 1 heterocycles. The summed E-state index contributed by atoms with van der Waals surface area (Å²) in [5.74, 6) is -1.17. The topological polar surface area (TPSA) is 69.4 Å². The van der Waals surface area contributed by atoms with Gasteiger partial charge in [0.1, 0.15) is 4.88 Å². The van der Waals surface area contributed by atoms with E-state index in [9.17, 15) is 9.59 Å². The van der Waals surface area contributed by atoms with Crippen LogP contribution in [0.1, 0.15) is 16.6 Å². The number of carbonyl (C=O) groups excluding carboxylic acids is 2. The zero-order chi connectivity index (χ0) is 12.4. The number of amides is 1. The molecule has 2 rings (SSSR count). The normalized spacial score (nSPS) is 12.3. The van der Waals surface area contributed by atoms with Crippen LogP contribution in [0.15, 0.2) is 30.3 Å². The number of thiophene rings is 1. The van der Waals surface area contributed by atoms with E-state index < -0.39 is 18.0 Å². The maximum absolute atomic E-state index is 11.7. The second-order valence-electron chi connectivity index (χ2n) is 3.60. The molecule has 2 aromatic rings. The molecular weight excluding hydrogens is 238 g/mol. The number of carbonyl (C=O) groups is 2. The lowest BCUT2D eigenvalue weighted by molar-refractivity contribution is -0.125. The van der Waals surface area contributed by atoms with Crippen molar-refractivity contribution in [3.8, 4) is 0 Å². The number of rotatable bonds is 3. The average molecular weight is 249 g/mol. The number of fused-ring (bicyclic) bond motifs is 1. The highest BCUT2D eigenvalue weighted by Crippen LogP contribution is 2.25. The van der Waals surface area contributed by atoms with E-state index in [1.165, 1.54) is 18.3 Å². The minimum absolute atomic E-state index is 0.472. The first-order chi connectivity index (χ1) is 8.08. The van der Waals surface area contributed by atoms with Gasteiger partial charge in [0.15, 0.2) is 6.10 Å². The molecule has 4 nitrogen and oxygen atoms in total. The van der Waals surface area contributed by atoms with Gasteiger partial charge in [0.05, 0.1) is 0 Å². The van der Waals surface area contributed by atoms with Gasteiger partial charge in [0.25, 0.3) is 5.91 Å². The number of hydrogen-bond donors (Lipinski definition) is 1. The lowest BCUT2D eigenvalue weighted by atomic mass is 10.2. The van der Waals surface area contributed by atoms with Gasteiger partial charge in [-0.3, -0.25) is 4.79 Å². The number of primary amides is 1. The Kier molecular flexibility index (Phi) is 3.10.